The van der Waals surface area contributed by atoms with Crippen LogP contribution in [-0.2, 0) is 4.79 Å². The van der Waals surface area contributed by atoms with E-state index in [1.165, 1.54) is 11.8 Å². The van der Waals surface area contributed by atoms with E-state index in [4.69, 9.17) is 0 Å². The predicted molar refractivity (Wildman–Crippen MR) is 100 cm³/mol. The molecule has 0 radical (unpaired) electrons. The Morgan fingerprint density at radius 1 is 1.28 bits per heavy atom. The molecule has 1 aliphatic heterocycles. The van der Waals surface area contributed by atoms with Gasteiger partial charge in [0.25, 0.3) is 5.91 Å². The molecule has 2 heterocycles. The summed E-state index contributed by atoms with van der Waals surface area (Å²) < 4.78 is 0. The Morgan fingerprint density at radius 2 is 2.08 bits per heavy atom. The van der Waals surface area contributed by atoms with Crippen LogP contribution in [-0.4, -0.2) is 47.1 Å². The normalized spacial score (nSPS) is 17.7. The lowest BCUT2D eigenvalue weighted by Gasteiger charge is -2.39. The topological polar surface area (TPSA) is 53.5 Å². The second-order valence-corrected chi connectivity index (χ2v) is 6.98. The van der Waals surface area contributed by atoms with Gasteiger partial charge in [0.05, 0.1) is 5.56 Å². The zero-order valence-corrected chi connectivity index (χ0v) is 15.4. The fraction of sp³-hybridized carbons (Fsp3) is 0.316. The smallest absolute Gasteiger partial charge is 0.257 e. The van der Waals surface area contributed by atoms with Gasteiger partial charge in [0.15, 0.2) is 0 Å². The van der Waals surface area contributed by atoms with Crippen LogP contribution >= 0.6 is 11.8 Å². The Morgan fingerprint density at radius 3 is 2.80 bits per heavy atom. The third-order valence-electron chi connectivity index (χ3n) is 4.35. The maximum atomic E-state index is 12.9. The summed E-state index contributed by atoms with van der Waals surface area (Å²) in [5.74, 6) is -0.200. The highest BCUT2D eigenvalue weighted by Gasteiger charge is 2.34. The van der Waals surface area contributed by atoms with E-state index >= 15 is 0 Å². The van der Waals surface area contributed by atoms with E-state index in [1.807, 2.05) is 44.4 Å². The van der Waals surface area contributed by atoms with Gasteiger partial charge in [-0.1, -0.05) is 12.1 Å². The molecule has 130 valence electrons. The van der Waals surface area contributed by atoms with Gasteiger partial charge in [-0.3, -0.25) is 9.59 Å². The van der Waals surface area contributed by atoms with Crippen molar-refractivity contribution in [2.45, 2.75) is 24.9 Å². The molecule has 2 amide bonds. The average Bonchev–Trinajstić information content (AvgIpc) is 2.62. The fourth-order valence-corrected chi connectivity index (χ4v) is 3.58. The summed E-state index contributed by atoms with van der Waals surface area (Å²) in [6.07, 6.45) is 3.57. The maximum Gasteiger partial charge on any atom is 0.257 e. The monoisotopic (exact) mass is 355 g/mol. The molecular formula is C19H21N3O2S. The third kappa shape index (κ3) is 3.54. The van der Waals surface area contributed by atoms with Gasteiger partial charge >= 0.3 is 0 Å². The van der Waals surface area contributed by atoms with E-state index < -0.39 is 0 Å². The Hall–Kier alpha value is -2.34. The standard InChI is InChI=1S/C19H21N3O2S/c1-13-6-4-7-15(10-13)22-11-14(2)21(12-17(22)23)19(24)16-8-5-9-20-18(16)25-3/h4-10,14H,11-12H2,1-3H3/t14-/m0/s1. The molecule has 6 heteroatoms. The van der Waals surface area contributed by atoms with Crippen LogP contribution in [0, 0.1) is 6.92 Å². The molecule has 0 bridgehead atoms. The van der Waals surface area contributed by atoms with Gasteiger partial charge in [0, 0.05) is 24.5 Å². The van der Waals surface area contributed by atoms with E-state index in [2.05, 4.69) is 4.98 Å². The zero-order valence-electron chi connectivity index (χ0n) is 14.6. The van der Waals surface area contributed by atoms with Crippen LogP contribution < -0.4 is 4.90 Å². The minimum absolute atomic E-state index is 0.0633. The minimum Gasteiger partial charge on any atom is -0.325 e. The van der Waals surface area contributed by atoms with Crippen molar-refractivity contribution >= 4 is 29.3 Å². The third-order valence-corrected chi connectivity index (χ3v) is 5.07. The van der Waals surface area contributed by atoms with Gasteiger partial charge in [-0.15, -0.1) is 11.8 Å². The highest BCUT2D eigenvalue weighted by Crippen LogP contribution is 2.24. The second kappa shape index (κ2) is 7.27. The van der Waals surface area contributed by atoms with Crippen LogP contribution in [0.25, 0.3) is 0 Å². The molecular weight excluding hydrogens is 334 g/mol. The number of thioether (sulfide) groups is 1. The molecule has 1 aromatic heterocycles. The van der Waals surface area contributed by atoms with Crippen molar-refractivity contribution in [3.05, 3.63) is 53.7 Å². The minimum atomic E-state index is -0.137. The molecule has 0 spiro atoms. The molecule has 1 aliphatic rings. The van der Waals surface area contributed by atoms with Crippen LogP contribution in [0.1, 0.15) is 22.8 Å². The molecule has 5 nitrogen and oxygen atoms in total. The first-order valence-electron chi connectivity index (χ1n) is 8.18. The lowest BCUT2D eigenvalue weighted by molar-refractivity contribution is -0.121. The quantitative estimate of drug-likeness (QED) is 0.794. The lowest BCUT2D eigenvalue weighted by atomic mass is 10.1. The number of rotatable bonds is 3. The molecule has 1 fully saturated rings. The van der Waals surface area contributed by atoms with Gasteiger partial charge in [-0.25, -0.2) is 4.98 Å². The Labute approximate surface area is 152 Å². The first kappa shape index (κ1) is 17.5. The van der Waals surface area contributed by atoms with E-state index in [9.17, 15) is 9.59 Å². The first-order valence-corrected chi connectivity index (χ1v) is 9.40. The van der Waals surface area contributed by atoms with Gasteiger partial charge < -0.3 is 9.80 Å². The number of pyridine rings is 1. The van der Waals surface area contributed by atoms with E-state index in [1.54, 1.807) is 28.1 Å². The van der Waals surface area contributed by atoms with Crippen molar-refractivity contribution in [1.29, 1.82) is 0 Å². The number of piperazine rings is 1. The van der Waals surface area contributed by atoms with E-state index in [0.717, 1.165) is 11.3 Å². The van der Waals surface area contributed by atoms with Gasteiger partial charge in [0.2, 0.25) is 5.91 Å². The predicted octanol–water partition coefficient (Wildman–Crippen LogP) is 2.99. The molecule has 1 aromatic carbocycles. The Kier molecular flexibility index (Phi) is 5.08. The highest BCUT2D eigenvalue weighted by molar-refractivity contribution is 7.98. The number of amides is 2. The Bertz CT molecular complexity index is 809. The SMILES string of the molecule is CSc1ncccc1C(=O)N1CC(=O)N(c2cccc(C)c2)C[C@@H]1C. The Balaban J connectivity index is 1.83. The van der Waals surface area contributed by atoms with Crippen LogP contribution in [0.3, 0.4) is 0 Å². The lowest BCUT2D eigenvalue weighted by Crippen LogP contribution is -2.57. The number of aromatic nitrogens is 1. The zero-order chi connectivity index (χ0) is 18.0. The first-order chi connectivity index (χ1) is 12.0. The molecule has 25 heavy (non-hydrogen) atoms. The number of hydrogen-bond acceptors (Lipinski definition) is 4. The van der Waals surface area contributed by atoms with Gasteiger partial charge in [-0.05, 0) is 49.9 Å². The highest BCUT2D eigenvalue weighted by atomic mass is 32.2. The van der Waals surface area contributed by atoms with Gasteiger partial charge in [-0.2, -0.15) is 0 Å². The molecule has 0 unspecified atom stereocenters. The number of benzene rings is 1. The van der Waals surface area contributed by atoms with Crippen molar-refractivity contribution in [1.82, 2.24) is 9.88 Å². The molecule has 0 aliphatic carbocycles. The number of carbonyl (C=O) groups excluding carboxylic acids is 2. The van der Waals surface area contributed by atoms with Crippen molar-refractivity contribution in [3.8, 4) is 0 Å². The molecule has 0 saturated carbocycles. The van der Waals surface area contributed by atoms with Crippen LogP contribution in [0.15, 0.2) is 47.6 Å². The molecule has 0 N–H and O–H groups in total. The maximum absolute atomic E-state index is 12.9. The number of hydrogen-bond donors (Lipinski definition) is 0. The van der Waals surface area contributed by atoms with Crippen molar-refractivity contribution in [2.75, 3.05) is 24.2 Å². The van der Waals surface area contributed by atoms with Crippen LogP contribution in [0.5, 0.6) is 0 Å². The molecule has 2 aromatic rings. The van der Waals surface area contributed by atoms with Crippen molar-refractivity contribution in [2.24, 2.45) is 0 Å². The van der Waals surface area contributed by atoms with Crippen molar-refractivity contribution < 1.29 is 9.59 Å². The summed E-state index contributed by atoms with van der Waals surface area (Å²) in [4.78, 5) is 33.3. The molecule has 1 atom stereocenters. The van der Waals surface area contributed by atoms with Crippen LogP contribution in [0.2, 0.25) is 0 Å². The summed E-state index contributed by atoms with van der Waals surface area (Å²) in [5, 5.41) is 0.688. The summed E-state index contributed by atoms with van der Waals surface area (Å²) >= 11 is 1.43. The molecule has 1 saturated heterocycles. The van der Waals surface area contributed by atoms with E-state index in [0.29, 0.717) is 17.1 Å². The van der Waals surface area contributed by atoms with Crippen molar-refractivity contribution in [3.63, 3.8) is 0 Å². The van der Waals surface area contributed by atoms with E-state index in [-0.39, 0.29) is 24.4 Å². The number of anilines is 1. The average molecular weight is 355 g/mol. The number of carbonyl (C=O) groups is 2. The van der Waals surface area contributed by atoms with Crippen LogP contribution in [0.4, 0.5) is 5.69 Å². The number of nitrogens with zero attached hydrogens (tertiary/aromatic N) is 3. The summed E-state index contributed by atoms with van der Waals surface area (Å²) in [7, 11) is 0. The summed E-state index contributed by atoms with van der Waals surface area (Å²) in [6, 6.07) is 11.3. The number of aryl methyl sites for hydroxylation is 1. The fourth-order valence-electron chi connectivity index (χ4n) is 3.04. The second-order valence-electron chi connectivity index (χ2n) is 6.19. The van der Waals surface area contributed by atoms with Gasteiger partial charge in [0.1, 0.15) is 11.6 Å². The summed E-state index contributed by atoms with van der Waals surface area (Å²) in [5.41, 5.74) is 2.55. The molecule has 3 rings (SSSR count). The largest absolute Gasteiger partial charge is 0.325 e. The summed E-state index contributed by atoms with van der Waals surface area (Å²) in [6.45, 7) is 4.55.